The van der Waals surface area contributed by atoms with Crippen LogP contribution in [-0.2, 0) is 15.0 Å². The third-order valence-electron chi connectivity index (χ3n) is 4.67. The van der Waals surface area contributed by atoms with Gasteiger partial charge in [0.1, 0.15) is 6.04 Å². The second kappa shape index (κ2) is 7.07. The molecule has 0 radical (unpaired) electrons. The van der Waals surface area contributed by atoms with E-state index in [0.29, 0.717) is 25.4 Å². The van der Waals surface area contributed by atoms with E-state index in [0.717, 1.165) is 25.7 Å². The smallest absolute Gasteiger partial charge is 0.322 e. The summed E-state index contributed by atoms with van der Waals surface area (Å²) >= 11 is 0. The van der Waals surface area contributed by atoms with Gasteiger partial charge in [-0.25, -0.2) is 0 Å². The molecule has 1 atom stereocenters. The minimum atomic E-state index is -3.67. The fourth-order valence-corrected chi connectivity index (χ4v) is 5.07. The maximum Gasteiger partial charge on any atom is 0.322 e. The summed E-state index contributed by atoms with van der Waals surface area (Å²) in [5.74, 6) is -0.629. The molecule has 1 aliphatic heterocycles. The SMILES string of the molecule is CN(CC1CCCCC1)S(=O)(=O)N1CCCCC1C(=O)O. The van der Waals surface area contributed by atoms with Crippen LogP contribution in [0.15, 0.2) is 0 Å². The zero-order valence-corrected chi connectivity index (χ0v) is 13.5. The van der Waals surface area contributed by atoms with Crippen molar-refractivity contribution in [1.29, 1.82) is 0 Å². The standard InChI is InChI=1S/C14H26N2O4S/c1-15(11-12-7-3-2-4-8-12)21(19,20)16-10-6-5-9-13(16)14(17)18/h12-13H,2-11H2,1H3,(H,17,18). The summed E-state index contributed by atoms with van der Waals surface area (Å²) in [4.78, 5) is 11.3. The highest BCUT2D eigenvalue weighted by atomic mass is 32.2. The molecular weight excluding hydrogens is 292 g/mol. The number of carbonyl (C=O) groups is 1. The molecule has 122 valence electrons. The first kappa shape index (κ1) is 16.7. The molecule has 21 heavy (non-hydrogen) atoms. The topological polar surface area (TPSA) is 77.9 Å². The number of piperidine rings is 1. The highest BCUT2D eigenvalue weighted by molar-refractivity contribution is 7.86. The van der Waals surface area contributed by atoms with Crippen LogP contribution in [0.5, 0.6) is 0 Å². The minimum Gasteiger partial charge on any atom is -0.480 e. The molecule has 0 spiro atoms. The monoisotopic (exact) mass is 318 g/mol. The number of carboxylic acids is 1. The molecule has 0 aromatic heterocycles. The van der Waals surface area contributed by atoms with Gasteiger partial charge in [-0.3, -0.25) is 4.79 Å². The zero-order chi connectivity index (χ0) is 15.5. The van der Waals surface area contributed by atoms with E-state index >= 15 is 0 Å². The molecule has 6 nitrogen and oxygen atoms in total. The van der Waals surface area contributed by atoms with E-state index in [-0.39, 0.29) is 0 Å². The fourth-order valence-electron chi connectivity index (χ4n) is 3.43. The average Bonchev–Trinajstić information content (AvgIpc) is 2.48. The van der Waals surface area contributed by atoms with E-state index in [1.165, 1.54) is 27.9 Å². The Morgan fingerprint density at radius 3 is 2.38 bits per heavy atom. The van der Waals surface area contributed by atoms with Crippen LogP contribution in [0.2, 0.25) is 0 Å². The lowest BCUT2D eigenvalue weighted by atomic mass is 9.89. The van der Waals surface area contributed by atoms with Gasteiger partial charge in [0.2, 0.25) is 0 Å². The Bertz CT molecular complexity index is 460. The van der Waals surface area contributed by atoms with Crippen molar-refractivity contribution in [2.24, 2.45) is 5.92 Å². The predicted molar refractivity (Wildman–Crippen MR) is 80.1 cm³/mol. The van der Waals surface area contributed by atoms with E-state index in [1.54, 1.807) is 7.05 Å². The number of rotatable bonds is 5. The van der Waals surface area contributed by atoms with Crippen molar-refractivity contribution in [3.8, 4) is 0 Å². The Kier molecular flexibility index (Phi) is 5.62. The lowest BCUT2D eigenvalue weighted by molar-refractivity contribution is -0.142. The number of hydrogen-bond donors (Lipinski definition) is 1. The van der Waals surface area contributed by atoms with Crippen LogP contribution < -0.4 is 0 Å². The zero-order valence-electron chi connectivity index (χ0n) is 12.7. The van der Waals surface area contributed by atoms with Crippen molar-refractivity contribution in [3.63, 3.8) is 0 Å². The summed E-state index contributed by atoms with van der Waals surface area (Å²) in [6.07, 6.45) is 7.63. The quantitative estimate of drug-likeness (QED) is 0.836. The van der Waals surface area contributed by atoms with Crippen molar-refractivity contribution in [2.75, 3.05) is 20.1 Å². The van der Waals surface area contributed by atoms with Crippen molar-refractivity contribution in [1.82, 2.24) is 8.61 Å². The van der Waals surface area contributed by atoms with Crippen LogP contribution in [0.25, 0.3) is 0 Å². The minimum absolute atomic E-state index is 0.314. The summed E-state index contributed by atoms with van der Waals surface area (Å²) < 4.78 is 27.9. The molecule has 1 saturated carbocycles. The van der Waals surface area contributed by atoms with E-state index in [9.17, 15) is 18.3 Å². The van der Waals surface area contributed by atoms with E-state index < -0.39 is 22.2 Å². The van der Waals surface area contributed by atoms with E-state index in [1.807, 2.05) is 0 Å². The lowest BCUT2D eigenvalue weighted by Crippen LogP contribution is -2.53. The maximum atomic E-state index is 12.7. The molecule has 2 rings (SSSR count). The van der Waals surface area contributed by atoms with Gasteiger partial charge >= 0.3 is 5.97 Å². The van der Waals surface area contributed by atoms with Crippen LogP contribution in [0.1, 0.15) is 51.4 Å². The molecule has 2 fully saturated rings. The first-order valence-electron chi connectivity index (χ1n) is 7.89. The summed E-state index contributed by atoms with van der Waals surface area (Å²) in [5, 5.41) is 9.25. The maximum absolute atomic E-state index is 12.7. The number of hydrogen-bond acceptors (Lipinski definition) is 3. The molecule has 2 aliphatic rings. The van der Waals surface area contributed by atoms with Gasteiger partial charge in [0.25, 0.3) is 10.2 Å². The first-order chi connectivity index (χ1) is 9.93. The lowest BCUT2D eigenvalue weighted by Gasteiger charge is -2.36. The third-order valence-corrected chi connectivity index (χ3v) is 6.64. The normalized spacial score (nSPS) is 26.1. The van der Waals surface area contributed by atoms with Gasteiger partial charge in [-0.2, -0.15) is 17.0 Å². The van der Waals surface area contributed by atoms with Crippen LogP contribution in [0.3, 0.4) is 0 Å². The highest BCUT2D eigenvalue weighted by Gasteiger charge is 2.39. The molecule has 1 heterocycles. The highest BCUT2D eigenvalue weighted by Crippen LogP contribution is 2.27. The van der Waals surface area contributed by atoms with E-state index in [4.69, 9.17) is 0 Å². The number of nitrogens with zero attached hydrogens (tertiary/aromatic N) is 2. The molecule has 7 heteroatoms. The Balaban J connectivity index is 2.05. The third kappa shape index (κ3) is 3.96. The average molecular weight is 318 g/mol. The van der Waals surface area contributed by atoms with Gasteiger partial charge < -0.3 is 5.11 Å². The summed E-state index contributed by atoms with van der Waals surface area (Å²) in [6.45, 7) is 0.819. The Morgan fingerprint density at radius 1 is 1.14 bits per heavy atom. The molecule has 1 aliphatic carbocycles. The van der Waals surface area contributed by atoms with Crippen LogP contribution >= 0.6 is 0 Å². The van der Waals surface area contributed by atoms with Crippen molar-refractivity contribution in [2.45, 2.75) is 57.4 Å². The molecule has 0 aromatic carbocycles. The largest absolute Gasteiger partial charge is 0.480 e. The molecular formula is C14H26N2O4S. The van der Waals surface area contributed by atoms with Crippen molar-refractivity contribution in [3.05, 3.63) is 0 Å². The Labute approximate surface area is 127 Å². The van der Waals surface area contributed by atoms with Gasteiger partial charge in [0, 0.05) is 20.1 Å². The molecule has 1 saturated heterocycles. The Morgan fingerprint density at radius 2 is 1.76 bits per heavy atom. The van der Waals surface area contributed by atoms with Crippen molar-refractivity contribution < 1.29 is 18.3 Å². The second-order valence-corrected chi connectivity index (χ2v) is 8.24. The molecule has 1 N–H and O–H groups in total. The van der Waals surface area contributed by atoms with E-state index in [2.05, 4.69) is 0 Å². The summed E-state index contributed by atoms with van der Waals surface area (Å²) in [7, 11) is -2.09. The molecule has 0 amide bonds. The fraction of sp³-hybridized carbons (Fsp3) is 0.929. The first-order valence-corrected chi connectivity index (χ1v) is 9.28. The number of aliphatic carboxylic acids is 1. The van der Waals surface area contributed by atoms with Gasteiger partial charge in [-0.1, -0.05) is 19.3 Å². The van der Waals surface area contributed by atoms with Gasteiger partial charge in [-0.15, -0.1) is 0 Å². The summed E-state index contributed by atoms with van der Waals surface area (Å²) in [6, 6.07) is -0.905. The molecule has 1 unspecified atom stereocenters. The van der Waals surface area contributed by atoms with Crippen LogP contribution in [0.4, 0.5) is 0 Å². The van der Waals surface area contributed by atoms with Gasteiger partial charge in [-0.05, 0) is 38.0 Å². The van der Waals surface area contributed by atoms with Crippen LogP contribution in [-0.4, -0.2) is 54.3 Å². The second-order valence-electron chi connectivity index (χ2n) is 6.25. The molecule has 0 bridgehead atoms. The van der Waals surface area contributed by atoms with Gasteiger partial charge in [0.05, 0.1) is 0 Å². The summed E-state index contributed by atoms with van der Waals surface area (Å²) in [5.41, 5.74) is 0. The predicted octanol–water partition coefficient (Wildman–Crippen LogP) is 1.68. The Hall–Kier alpha value is -0.660. The van der Waals surface area contributed by atoms with Gasteiger partial charge in [0.15, 0.2) is 0 Å². The van der Waals surface area contributed by atoms with Crippen molar-refractivity contribution >= 4 is 16.2 Å². The molecule has 0 aromatic rings. The van der Waals surface area contributed by atoms with Crippen LogP contribution in [0, 0.1) is 5.92 Å². The number of carboxylic acid groups (broad SMARTS) is 1.